The van der Waals surface area contributed by atoms with E-state index < -0.39 is 0 Å². The number of hydrogen-bond acceptors (Lipinski definition) is 2. The van der Waals surface area contributed by atoms with Crippen LogP contribution in [0.3, 0.4) is 0 Å². The minimum atomic E-state index is 0.814. The molecule has 0 aliphatic carbocycles. The Morgan fingerprint density at radius 3 is 1.62 bits per heavy atom. The first-order valence-electron chi connectivity index (χ1n) is 6.91. The second kappa shape index (κ2) is 6.61. The van der Waals surface area contributed by atoms with Gasteiger partial charge in [-0.1, -0.05) is 27.7 Å². The van der Waals surface area contributed by atoms with Gasteiger partial charge in [0, 0.05) is 32.2 Å². The van der Waals surface area contributed by atoms with Gasteiger partial charge in [-0.05, 0) is 31.7 Å². The molecule has 0 aromatic carbocycles. The van der Waals surface area contributed by atoms with E-state index in [1.54, 1.807) is 0 Å². The summed E-state index contributed by atoms with van der Waals surface area (Å²) >= 11 is 0. The molecule has 0 atom stereocenters. The lowest BCUT2D eigenvalue weighted by molar-refractivity contribution is 0.0889. The highest BCUT2D eigenvalue weighted by molar-refractivity contribution is 4.79. The summed E-state index contributed by atoms with van der Waals surface area (Å²) in [6, 6.07) is 0.814. The predicted molar refractivity (Wildman–Crippen MR) is 71.8 cm³/mol. The first kappa shape index (κ1) is 14.0. The van der Waals surface area contributed by atoms with Crippen LogP contribution in [-0.2, 0) is 0 Å². The summed E-state index contributed by atoms with van der Waals surface area (Å²) in [5.74, 6) is 1.65. The van der Waals surface area contributed by atoms with Gasteiger partial charge in [0.1, 0.15) is 0 Å². The molecule has 1 saturated heterocycles. The van der Waals surface area contributed by atoms with Crippen LogP contribution in [0.4, 0.5) is 0 Å². The van der Waals surface area contributed by atoms with E-state index in [0.717, 1.165) is 17.9 Å². The highest BCUT2D eigenvalue weighted by atomic mass is 15.3. The minimum Gasteiger partial charge on any atom is -0.304 e. The summed E-state index contributed by atoms with van der Waals surface area (Å²) in [4.78, 5) is 5.16. The van der Waals surface area contributed by atoms with E-state index in [0.29, 0.717) is 0 Å². The van der Waals surface area contributed by atoms with Crippen molar-refractivity contribution in [1.82, 2.24) is 9.80 Å². The van der Waals surface area contributed by atoms with Gasteiger partial charge in [0.05, 0.1) is 0 Å². The van der Waals surface area contributed by atoms with Crippen LogP contribution >= 0.6 is 0 Å². The van der Waals surface area contributed by atoms with Crippen LogP contribution in [0.15, 0.2) is 0 Å². The summed E-state index contributed by atoms with van der Waals surface area (Å²) in [6.45, 7) is 14.4. The van der Waals surface area contributed by atoms with Crippen LogP contribution < -0.4 is 0 Å². The van der Waals surface area contributed by atoms with Crippen molar-refractivity contribution >= 4 is 0 Å². The van der Waals surface area contributed by atoms with Crippen molar-refractivity contribution in [3.8, 4) is 0 Å². The molecule has 2 heteroatoms. The first-order valence-corrected chi connectivity index (χ1v) is 6.91. The number of likely N-dealkylation sites (N-methyl/N-ethyl adjacent to an activating group) is 1. The number of hydrogen-bond donors (Lipinski definition) is 0. The maximum absolute atomic E-state index is 2.72. The Morgan fingerprint density at radius 1 is 0.812 bits per heavy atom. The van der Waals surface area contributed by atoms with Crippen molar-refractivity contribution < 1.29 is 0 Å². The van der Waals surface area contributed by atoms with Gasteiger partial charge >= 0.3 is 0 Å². The molecule has 0 bridgehead atoms. The lowest BCUT2D eigenvalue weighted by atomic mass is 9.94. The highest BCUT2D eigenvalue weighted by Gasteiger charge is 2.23. The maximum atomic E-state index is 2.72. The van der Waals surface area contributed by atoms with Gasteiger partial charge in [-0.15, -0.1) is 0 Å². The molecule has 0 aromatic rings. The number of nitrogens with zero attached hydrogens (tertiary/aromatic N) is 2. The topological polar surface area (TPSA) is 6.48 Å². The molecule has 1 aliphatic heterocycles. The van der Waals surface area contributed by atoms with E-state index in [2.05, 4.69) is 44.5 Å². The third kappa shape index (κ3) is 4.84. The number of rotatable bonds is 5. The molecule has 0 radical (unpaired) electrons. The second-order valence-electron chi connectivity index (χ2n) is 6.25. The normalized spacial score (nSPS) is 20.2. The molecule has 1 rings (SSSR count). The van der Waals surface area contributed by atoms with Crippen molar-refractivity contribution in [2.75, 3.05) is 33.2 Å². The molecule has 0 spiro atoms. The molecule has 1 fully saturated rings. The van der Waals surface area contributed by atoms with E-state index in [-0.39, 0.29) is 0 Å². The summed E-state index contributed by atoms with van der Waals surface area (Å²) in [5, 5.41) is 0. The summed E-state index contributed by atoms with van der Waals surface area (Å²) < 4.78 is 0. The third-order valence-corrected chi connectivity index (χ3v) is 3.54. The largest absolute Gasteiger partial charge is 0.304 e. The van der Waals surface area contributed by atoms with Crippen LogP contribution in [0.25, 0.3) is 0 Å². The van der Waals surface area contributed by atoms with Crippen LogP contribution in [0.5, 0.6) is 0 Å². The van der Waals surface area contributed by atoms with E-state index >= 15 is 0 Å². The Balaban J connectivity index is 2.47. The summed E-state index contributed by atoms with van der Waals surface area (Å²) in [6.07, 6.45) is 2.73. The van der Waals surface area contributed by atoms with Gasteiger partial charge in [0.25, 0.3) is 0 Å². The minimum absolute atomic E-state index is 0.814. The fourth-order valence-corrected chi connectivity index (χ4v) is 2.67. The fraction of sp³-hybridized carbons (Fsp3) is 1.00. The molecule has 96 valence electrons. The average Bonchev–Trinajstić information content (AvgIpc) is 2.16. The lowest BCUT2D eigenvalue weighted by Crippen LogP contribution is -2.49. The van der Waals surface area contributed by atoms with Gasteiger partial charge in [-0.25, -0.2) is 0 Å². The smallest absolute Gasteiger partial charge is 0.0113 e. The monoisotopic (exact) mass is 226 g/mol. The van der Waals surface area contributed by atoms with Crippen molar-refractivity contribution in [2.45, 2.75) is 46.6 Å². The fourth-order valence-electron chi connectivity index (χ4n) is 2.67. The van der Waals surface area contributed by atoms with Crippen molar-refractivity contribution in [1.29, 1.82) is 0 Å². The van der Waals surface area contributed by atoms with Crippen molar-refractivity contribution in [2.24, 2.45) is 11.8 Å². The van der Waals surface area contributed by atoms with Gasteiger partial charge in [-0.2, -0.15) is 0 Å². The number of piperazine rings is 1. The van der Waals surface area contributed by atoms with E-state index in [1.807, 2.05) is 0 Å². The maximum Gasteiger partial charge on any atom is 0.0113 e. The Labute approximate surface area is 102 Å². The van der Waals surface area contributed by atoms with Gasteiger partial charge in [0.15, 0.2) is 0 Å². The molecule has 0 saturated carbocycles. The average molecular weight is 226 g/mol. The van der Waals surface area contributed by atoms with Crippen LogP contribution in [-0.4, -0.2) is 49.1 Å². The van der Waals surface area contributed by atoms with Crippen LogP contribution in [0.1, 0.15) is 40.5 Å². The molecule has 0 unspecified atom stereocenters. The van der Waals surface area contributed by atoms with Crippen molar-refractivity contribution in [3.05, 3.63) is 0 Å². The lowest BCUT2D eigenvalue weighted by Gasteiger charge is -2.39. The standard InChI is InChI=1S/C14H30N2/c1-12(2)10-14(11-13(3)4)16-8-6-15(5)7-9-16/h12-14H,6-11H2,1-5H3. The van der Waals surface area contributed by atoms with E-state index in [4.69, 9.17) is 0 Å². The molecule has 0 aromatic heterocycles. The predicted octanol–water partition coefficient (Wildman–Crippen LogP) is 2.69. The Morgan fingerprint density at radius 2 is 1.25 bits per heavy atom. The molecule has 2 nitrogen and oxygen atoms in total. The van der Waals surface area contributed by atoms with Gasteiger partial charge < -0.3 is 4.90 Å². The summed E-state index contributed by atoms with van der Waals surface area (Å²) in [5.41, 5.74) is 0. The van der Waals surface area contributed by atoms with Crippen LogP contribution in [0.2, 0.25) is 0 Å². The SMILES string of the molecule is CC(C)CC(CC(C)C)N1CCN(C)CC1. The third-order valence-electron chi connectivity index (χ3n) is 3.54. The molecule has 1 aliphatic rings. The molecule has 0 N–H and O–H groups in total. The first-order chi connectivity index (χ1) is 7.49. The van der Waals surface area contributed by atoms with Crippen LogP contribution in [0, 0.1) is 11.8 Å². The molecular formula is C14H30N2. The zero-order valence-electron chi connectivity index (χ0n) is 11.9. The molecule has 16 heavy (non-hydrogen) atoms. The second-order valence-corrected chi connectivity index (χ2v) is 6.25. The van der Waals surface area contributed by atoms with Gasteiger partial charge in [-0.3, -0.25) is 4.90 Å². The van der Waals surface area contributed by atoms with E-state index in [1.165, 1.54) is 39.0 Å². The molecular weight excluding hydrogens is 196 g/mol. The zero-order chi connectivity index (χ0) is 12.1. The zero-order valence-corrected chi connectivity index (χ0v) is 11.9. The van der Waals surface area contributed by atoms with Crippen molar-refractivity contribution in [3.63, 3.8) is 0 Å². The molecule has 0 amide bonds. The quantitative estimate of drug-likeness (QED) is 0.711. The van der Waals surface area contributed by atoms with E-state index in [9.17, 15) is 0 Å². The Kier molecular flexibility index (Phi) is 5.77. The van der Waals surface area contributed by atoms with Gasteiger partial charge in [0.2, 0.25) is 0 Å². The highest BCUT2D eigenvalue weighted by Crippen LogP contribution is 2.20. The molecule has 1 heterocycles. The Bertz CT molecular complexity index is 171. The summed E-state index contributed by atoms with van der Waals surface area (Å²) in [7, 11) is 2.23. The Hall–Kier alpha value is -0.0800.